The third kappa shape index (κ3) is 38.1. The molecule has 0 aliphatic rings. The topological polar surface area (TPSA) is 144 Å². The molecule has 0 heterocycles. The van der Waals surface area contributed by atoms with Gasteiger partial charge in [-0.3, -0.25) is 14.4 Å². The maximum absolute atomic E-state index is 12.9. The summed E-state index contributed by atoms with van der Waals surface area (Å²) in [5, 5.41) is 0. The molecule has 0 fully saturated rings. The molecule has 0 N–H and O–H groups in total. The third-order valence-electron chi connectivity index (χ3n) is 11.5. The second-order valence-corrected chi connectivity index (χ2v) is 17.8. The first-order chi connectivity index (χ1) is 30.6. The van der Waals surface area contributed by atoms with Crippen LogP contribution in [0.15, 0.2) is 0 Å². The summed E-state index contributed by atoms with van der Waals surface area (Å²) >= 11 is 0. The number of rotatable bonds is 45. The van der Waals surface area contributed by atoms with Gasteiger partial charge in [0.1, 0.15) is 6.61 Å². The summed E-state index contributed by atoms with van der Waals surface area (Å²) in [5.74, 6) is -1.83. The van der Waals surface area contributed by atoms with E-state index in [0.717, 1.165) is 89.9 Å². The number of nitrogens with zero attached hydrogens (tertiary/aromatic N) is 1. The van der Waals surface area contributed by atoms with E-state index in [9.17, 15) is 24.0 Å². The van der Waals surface area contributed by atoms with E-state index in [0.29, 0.717) is 58.3 Å². The van der Waals surface area contributed by atoms with Crippen molar-refractivity contribution in [3.63, 3.8) is 0 Å². The van der Waals surface area contributed by atoms with E-state index in [1.165, 1.54) is 64.2 Å². The summed E-state index contributed by atoms with van der Waals surface area (Å²) < 4.78 is 32.4. The normalized spacial score (nSPS) is 12.7. The highest BCUT2D eigenvalue weighted by atomic mass is 16.7. The minimum Gasteiger partial charge on any atom is -0.466 e. The lowest BCUT2D eigenvalue weighted by Gasteiger charge is -2.17. The molecule has 0 aromatic heterocycles. The quantitative estimate of drug-likeness (QED) is 0.0326. The number of hydrogen-bond acceptors (Lipinski definition) is 12. The molecule has 0 aromatic rings. The Morgan fingerprint density at radius 3 is 1.13 bits per heavy atom. The van der Waals surface area contributed by atoms with Gasteiger partial charge in [0.2, 0.25) is 6.10 Å². The molecular formula is C51H95NO11. The maximum Gasteiger partial charge on any atom is 0.509 e. The average molecular weight is 898 g/mol. The second kappa shape index (κ2) is 44.3. The fourth-order valence-corrected chi connectivity index (χ4v) is 7.38. The van der Waals surface area contributed by atoms with Gasteiger partial charge in [0.05, 0.1) is 44.7 Å². The van der Waals surface area contributed by atoms with Crippen molar-refractivity contribution in [2.45, 2.75) is 233 Å². The van der Waals surface area contributed by atoms with E-state index in [2.05, 4.69) is 27.7 Å². The Morgan fingerprint density at radius 2 is 0.714 bits per heavy atom. The van der Waals surface area contributed by atoms with Gasteiger partial charge in [-0.25, -0.2) is 9.59 Å². The van der Waals surface area contributed by atoms with Gasteiger partial charge in [-0.15, -0.1) is 0 Å². The number of likely N-dealkylation sites (N-methyl/N-ethyl adjacent to an activating group) is 1. The van der Waals surface area contributed by atoms with Crippen LogP contribution < -0.4 is 0 Å². The number of hydrogen-bond donors (Lipinski definition) is 0. The fraction of sp³-hybridized carbons (Fsp3) is 0.902. The van der Waals surface area contributed by atoms with Gasteiger partial charge >= 0.3 is 30.0 Å². The third-order valence-corrected chi connectivity index (χ3v) is 11.5. The second-order valence-electron chi connectivity index (χ2n) is 17.8. The highest BCUT2D eigenvalue weighted by Crippen LogP contribution is 2.22. The monoisotopic (exact) mass is 898 g/mol. The predicted molar refractivity (Wildman–Crippen MR) is 251 cm³/mol. The SMILES string of the molecule is CCCCCCCCC(CCCCCC)C(=O)OCCCCCOC(=O)C[C@H](OC(=O)OCCCCCOC(=O)C(CCCCCC)CCCCCCCC)C(=O)OCCN(C)C. The van der Waals surface area contributed by atoms with Gasteiger partial charge in [-0.1, -0.05) is 156 Å². The summed E-state index contributed by atoms with van der Waals surface area (Å²) in [6.07, 6.45) is 27.6. The molecule has 0 saturated heterocycles. The molecule has 0 bridgehead atoms. The number of carbonyl (C=O) groups excluding carboxylic acids is 5. The maximum atomic E-state index is 12.9. The molecule has 0 rings (SSSR count). The van der Waals surface area contributed by atoms with Crippen LogP contribution in [0.3, 0.4) is 0 Å². The lowest BCUT2D eigenvalue weighted by Crippen LogP contribution is -2.34. The molecular weight excluding hydrogens is 803 g/mol. The predicted octanol–water partition coefficient (Wildman–Crippen LogP) is 12.6. The summed E-state index contributed by atoms with van der Waals surface area (Å²) in [6, 6.07) is 0. The van der Waals surface area contributed by atoms with Crippen molar-refractivity contribution in [2.24, 2.45) is 11.8 Å². The van der Waals surface area contributed by atoms with Crippen LogP contribution in [0.25, 0.3) is 0 Å². The minimum absolute atomic E-state index is 0.0404. The van der Waals surface area contributed by atoms with Crippen molar-refractivity contribution < 1.29 is 52.4 Å². The molecule has 12 heteroatoms. The molecule has 0 amide bonds. The first kappa shape index (κ1) is 60.1. The van der Waals surface area contributed by atoms with Gasteiger partial charge < -0.3 is 33.3 Å². The molecule has 12 nitrogen and oxygen atoms in total. The number of esters is 4. The molecule has 0 aromatic carbocycles. The van der Waals surface area contributed by atoms with Crippen LogP contribution in [0, 0.1) is 11.8 Å². The van der Waals surface area contributed by atoms with E-state index in [-0.39, 0.29) is 43.6 Å². The summed E-state index contributed by atoms with van der Waals surface area (Å²) in [4.78, 5) is 65.8. The standard InChI is InChI=1S/C51H95NO11/c1-7-11-15-19-21-27-35-44(33-25-17-13-9-3)48(54)59-39-30-23-29-38-58-47(53)43-46(50(56)61-42-37-52(5)6)63-51(57)62-41-32-24-31-40-60-49(55)45(34-26-18-14-10-4)36-28-22-20-16-12-8-2/h44-46H,7-43H2,1-6H3/t44?,45?,46-/m0/s1. The molecule has 63 heavy (non-hydrogen) atoms. The highest BCUT2D eigenvalue weighted by Gasteiger charge is 2.29. The van der Waals surface area contributed by atoms with Crippen LogP contribution >= 0.6 is 0 Å². The molecule has 0 radical (unpaired) electrons. The van der Waals surface area contributed by atoms with Crippen LogP contribution in [-0.4, -0.2) is 94.7 Å². The zero-order chi connectivity index (χ0) is 46.6. The first-order valence-electron chi connectivity index (χ1n) is 25.7. The van der Waals surface area contributed by atoms with Crippen LogP contribution in [-0.2, 0) is 47.6 Å². The van der Waals surface area contributed by atoms with Crippen molar-refractivity contribution in [1.82, 2.24) is 4.90 Å². The van der Waals surface area contributed by atoms with E-state index in [4.69, 9.17) is 28.4 Å². The molecule has 0 aliphatic carbocycles. The van der Waals surface area contributed by atoms with Crippen molar-refractivity contribution in [3.05, 3.63) is 0 Å². The Kier molecular flexibility index (Phi) is 42.3. The van der Waals surface area contributed by atoms with Gasteiger partial charge in [-0.05, 0) is 78.3 Å². The average Bonchev–Trinajstić information content (AvgIpc) is 3.26. The molecule has 0 spiro atoms. The van der Waals surface area contributed by atoms with Gasteiger partial charge in [-0.2, -0.15) is 0 Å². The number of unbranched alkanes of at least 4 members (excludes halogenated alkanes) is 20. The summed E-state index contributed by atoms with van der Waals surface area (Å²) in [6.45, 7) is 10.1. The number of carbonyl (C=O) groups is 5. The van der Waals surface area contributed by atoms with Crippen molar-refractivity contribution in [2.75, 3.05) is 53.7 Å². The molecule has 370 valence electrons. The van der Waals surface area contributed by atoms with E-state index in [1.807, 2.05) is 19.0 Å². The van der Waals surface area contributed by atoms with Crippen molar-refractivity contribution in [1.29, 1.82) is 0 Å². The Balaban J connectivity index is 4.68. The number of ether oxygens (including phenoxy) is 6. The van der Waals surface area contributed by atoms with Gasteiger partial charge in [0.15, 0.2) is 0 Å². The van der Waals surface area contributed by atoms with E-state index < -0.39 is 30.6 Å². The fourth-order valence-electron chi connectivity index (χ4n) is 7.38. The zero-order valence-corrected chi connectivity index (χ0v) is 41.3. The van der Waals surface area contributed by atoms with Gasteiger partial charge in [0, 0.05) is 6.54 Å². The molecule has 3 atom stereocenters. The zero-order valence-electron chi connectivity index (χ0n) is 41.3. The van der Waals surface area contributed by atoms with Crippen LogP contribution in [0.1, 0.15) is 227 Å². The lowest BCUT2D eigenvalue weighted by atomic mass is 9.94. The molecule has 0 aliphatic heterocycles. The first-order valence-corrected chi connectivity index (χ1v) is 25.7. The Labute approximate surface area is 384 Å². The lowest BCUT2D eigenvalue weighted by molar-refractivity contribution is -0.161. The van der Waals surface area contributed by atoms with Crippen molar-refractivity contribution in [3.8, 4) is 0 Å². The Hall–Kier alpha value is -2.89. The Bertz CT molecular complexity index is 1040. The summed E-state index contributed by atoms with van der Waals surface area (Å²) in [5.41, 5.74) is 0. The summed E-state index contributed by atoms with van der Waals surface area (Å²) in [7, 11) is 3.66. The van der Waals surface area contributed by atoms with Crippen LogP contribution in [0.4, 0.5) is 4.79 Å². The van der Waals surface area contributed by atoms with E-state index >= 15 is 0 Å². The largest absolute Gasteiger partial charge is 0.509 e. The van der Waals surface area contributed by atoms with E-state index in [1.54, 1.807) is 0 Å². The Morgan fingerprint density at radius 1 is 0.381 bits per heavy atom. The van der Waals surface area contributed by atoms with Crippen molar-refractivity contribution >= 4 is 30.0 Å². The molecule has 2 unspecified atom stereocenters. The minimum atomic E-state index is -1.51. The van der Waals surface area contributed by atoms with Crippen LogP contribution in [0.2, 0.25) is 0 Å². The van der Waals surface area contributed by atoms with Crippen LogP contribution in [0.5, 0.6) is 0 Å². The molecule has 0 saturated carbocycles. The smallest absolute Gasteiger partial charge is 0.466 e. The highest BCUT2D eigenvalue weighted by molar-refractivity contribution is 5.83. The van der Waals surface area contributed by atoms with Gasteiger partial charge in [0.25, 0.3) is 0 Å².